The lowest BCUT2D eigenvalue weighted by molar-refractivity contribution is -0.117. The number of nitrogens with zero attached hydrogens (tertiary/aromatic N) is 1. The number of carbonyl (C=O) groups excluding carboxylic acids is 2. The quantitative estimate of drug-likeness (QED) is 0.935. The molecule has 4 nitrogen and oxygen atoms in total. The minimum absolute atomic E-state index is 0.0834. The first-order chi connectivity index (χ1) is 9.75. The van der Waals surface area contributed by atoms with Gasteiger partial charge in [0, 0.05) is 18.8 Å². The Morgan fingerprint density at radius 2 is 2.10 bits per heavy atom. The van der Waals surface area contributed by atoms with Gasteiger partial charge in [-0.2, -0.15) is 0 Å². The highest BCUT2D eigenvalue weighted by Crippen LogP contribution is 2.27. The molecule has 2 heterocycles. The van der Waals surface area contributed by atoms with E-state index in [1.54, 1.807) is 11.0 Å². The van der Waals surface area contributed by atoms with Crippen LogP contribution in [0.3, 0.4) is 0 Å². The van der Waals surface area contributed by atoms with Gasteiger partial charge in [-0.15, -0.1) is 11.3 Å². The first kappa shape index (κ1) is 12.9. The van der Waals surface area contributed by atoms with Gasteiger partial charge in [-0.25, -0.2) is 0 Å². The number of nitrogens with one attached hydrogen (secondary N) is 1. The summed E-state index contributed by atoms with van der Waals surface area (Å²) in [5.74, 6) is 0.0107. The van der Waals surface area contributed by atoms with Gasteiger partial charge in [0.15, 0.2) is 0 Å². The molecule has 2 amide bonds. The predicted octanol–water partition coefficient (Wildman–Crippen LogP) is 2.07. The van der Waals surface area contributed by atoms with Crippen molar-refractivity contribution in [1.82, 2.24) is 5.32 Å². The largest absolute Gasteiger partial charge is 0.350 e. The minimum atomic E-state index is -0.0834. The lowest BCUT2D eigenvalue weighted by atomic mass is 10.2. The molecular weight excluding hydrogens is 272 g/mol. The summed E-state index contributed by atoms with van der Waals surface area (Å²) in [6.45, 7) is 0.962. The van der Waals surface area contributed by atoms with Crippen LogP contribution in [0.25, 0.3) is 0 Å². The Hall–Kier alpha value is -2.14. The number of hydrogen-bond acceptors (Lipinski definition) is 3. The van der Waals surface area contributed by atoms with Gasteiger partial charge in [0.1, 0.15) is 0 Å². The van der Waals surface area contributed by atoms with Gasteiger partial charge in [0.2, 0.25) is 5.91 Å². The first-order valence-corrected chi connectivity index (χ1v) is 7.33. The number of anilines is 1. The number of para-hydroxylation sites is 1. The van der Waals surface area contributed by atoms with Crippen LogP contribution in [0.4, 0.5) is 5.69 Å². The molecule has 5 heteroatoms. The number of benzene rings is 1. The molecular formula is C15H14N2O2S. The van der Waals surface area contributed by atoms with Crippen molar-refractivity contribution < 1.29 is 9.59 Å². The molecule has 0 saturated carbocycles. The monoisotopic (exact) mass is 286 g/mol. The van der Waals surface area contributed by atoms with E-state index in [1.165, 1.54) is 11.3 Å². The zero-order valence-electron chi connectivity index (χ0n) is 10.8. The Morgan fingerprint density at radius 3 is 2.90 bits per heavy atom. The van der Waals surface area contributed by atoms with E-state index in [9.17, 15) is 9.59 Å². The van der Waals surface area contributed by atoms with Gasteiger partial charge in [0.05, 0.1) is 11.3 Å². The third kappa shape index (κ3) is 2.44. The van der Waals surface area contributed by atoms with E-state index in [1.807, 2.05) is 35.7 Å². The van der Waals surface area contributed by atoms with E-state index in [-0.39, 0.29) is 11.8 Å². The van der Waals surface area contributed by atoms with Crippen LogP contribution in [0.15, 0.2) is 41.8 Å². The maximum atomic E-state index is 12.0. The molecule has 1 aromatic carbocycles. The fourth-order valence-corrected chi connectivity index (χ4v) is 2.98. The average molecular weight is 286 g/mol. The Kier molecular flexibility index (Phi) is 3.52. The number of amides is 2. The molecule has 1 aromatic heterocycles. The van der Waals surface area contributed by atoms with E-state index < -0.39 is 0 Å². The Bertz CT molecular complexity index is 637. The number of thiophene rings is 1. The molecule has 20 heavy (non-hydrogen) atoms. The van der Waals surface area contributed by atoms with Crippen molar-refractivity contribution >= 4 is 28.8 Å². The molecule has 0 bridgehead atoms. The first-order valence-electron chi connectivity index (χ1n) is 6.45. The molecule has 0 saturated heterocycles. The van der Waals surface area contributed by atoms with E-state index in [2.05, 4.69) is 5.32 Å². The van der Waals surface area contributed by atoms with Crippen LogP contribution < -0.4 is 10.2 Å². The summed E-state index contributed by atoms with van der Waals surface area (Å²) in [6, 6.07) is 11.4. The zero-order chi connectivity index (χ0) is 13.9. The molecule has 0 spiro atoms. The standard InChI is InChI=1S/C15H14N2O2S/c18-14-10-11-4-1-2-5-12(11)17(14)8-7-16-15(19)13-6-3-9-20-13/h1-6,9H,7-8,10H2,(H,16,19). The maximum Gasteiger partial charge on any atom is 0.261 e. The van der Waals surface area contributed by atoms with Gasteiger partial charge < -0.3 is 10.2 Å². The molecule has 0 radical (unpaired) electrons. The van der Waals surface area contributed by atoms with Crippen LogP contribution in [0.2, 0.25) is 0 Å². The number of rotatable bonds is 4. The lowest BCUT2D eigenvalue weighted by Crippen LogP contribution is -2.36. The third-order valence-corrected chi connectivity index (χ3v) is 4.16. The van der Waals surface area contributed by atoms with Crippen molar-refractivity contribution in [2.75, 3.05) is 18.0 Å². The minimum Gasteiger partial charge on any atom is -0.350 e. The SMILES string of the molecule is O=C(NCCN1C(=O)Cc2ccccc21)c1cccs1. The molecule has 2 aromatic rings. The third-order valence-electron chi connectivity index (χ3n) is 3.29. The number of fused-ring (bicyclic) bond motifs is 1. The molecule has 1 N–H and O–H groups in total. The summed E-state index contributed by atoms with van der Waals surface area (Å²) >= 11 is 1.41. The summed E-state index contributed by atoms with van der Waals surface area (Å²) in [5, 5.41) is 4.71. The predicted molar refractivity (Wildman–Crippen MR) is 79.2 cm³/mol. The maximum absolute atomic E-state index is 12.0. The summed E-state index contributed by atoms with van der Waals surface area (Å²) < 4.78 is 0. The Labute approximate surface area is 121 Å². The smallest absolute Gasteiger partial charge is 0.261 e. The zero-order valence-corrected chi connectivity index (χ0v) is 11.7. The summed E-state index contributed by atoms with van der Waals surface area (Å²) in [5.41, 5.74) is 2.02. The summed E-state index contributed by atoms with van der Waals surface area (Å²) in [4.78, 5) is 26.2. The fourth-order valence-electron chi connectivity index (χ4n) is 2.34. The molecule has 3 rings (SSSR count). The molecule has 1 aliphatic rings. The molecule has 0 fully saturated rings. The molecule has 0 atom stereocenters. The van der Waals surface area contributed by atoms with Crippen LogP contribution >= 0.6 is 11.3 Å². The number of carbonyl (C=O) groups is 2. The van der Waals surface area contributed by atoms with Crippen LogP contribution in [-0.4, -0.2) is 24.9 Å². The second kappa shape index (κ2) is 5.46. The second-order valence-corrected chi connectivity index (χ2v) is 5.53. The summed E-state index contributed by atoms with van der Waals surface area (Å²) in [7, 11) is 0. The molecule has 0 aliphatic carbocycles. The van der Waals surface area contributed by atoms with Crippen molar-refractivity contribution in [2.24, 2.45) is 0 Å². The van der Waals surface area contributed by atoms with Crippen molar-refractivity contribution in [3.05, 3.63) is 52.2 Å². The van der Waals surface area contributed by atoms with Crippen LogP contribution in [0.5, 0.6) is 0 Å². The van der Waals surface area contributed by atoms with Gasteiger partial charge in [-0.1, -0.05) is 24.3 Å². The summed E-state index contributed by atoms with van der Waals surface area (Å²) in [6.07, 6.45) is 0.453. The average Bonchev–Trinajstić information content (AvgIpc) is 3.07. The van der Waals surface area contributed by atoms with Crippen LogP contribution in [0, 0.1) is 0 Å². The molecule has 0 unspecified atom stereocenters. The van der Waals surface area contributed by atoms with E-state index in [0.29, 0.717) is 24.4 Å². The molecule has 1 aliphatic heterocycles. The van der Waals surface area contributed by atoms with Crippen molar-refractivity contribution in [3.63, 3.8) is 0 Å². The van der Waals surface area contributed by atoms with Crippen molar-refractivity contribution in [2.45, 2.75) is 6.42 Å². The van der Waals surface area contributed by atoms with Crippen molar-refractivity contribution in [3.8, 4) is 0 Å². The van der Waals surface area contributed by atoms with Crippen LogP contribution in [-0.2, 0) is 11.2 Å². The highest BCUT2D eigenvalue weighted by Gasteiger charge is 2.26. The van der Waals surface area contributed by atoms with Crippen LogP contribution in [0.1, 0.15) is 15.2 Å². The van der Waals surface area contributed by atoms with Gasteiger partial charge >= 0.3 is 0 Å². The highest BCUT2D eigenvalue weighted by molar-refractivity contribution is 7.12. The van der Waals surface area contributed by atoms with Gasteiger partial charge in [-0.05, 0) is 23.1 Å². The second-order valence-electron chi connectivity index (χ2n) is 4.58. The van der Waals surface area contributed by atoms with Crippen molar-refractivity contribution in [1.29, 1.82) is 0 Å². The van der Waals surface area contributed by atoms with E-state index in [0.717, 1.165) is 11.3 Å². The number of hydrogen-bond donors (Lipinski definition) is 1. The normalized spacial score (nSPS) is 13.4. The highest BCUT2D eigenvalue weighted by atomic mass is 32.1. The Balaban J connectivity index is 1.59. The van der Waals surface area contributed by atoms with Gasteiger partial charge in [-0.3, -0.25) is 9.59 Å². The lowest BCUT2D eigenvalue weighted by Gasteiger charge is -2.17. The fraction of sp³-hybridized carbons (Fsp3) is 0.200. The van der Waals surface area contributed by atoms with Gasteiger partial charge in [0.25, 0.3) is 5.91 Å². The Morgan fingerprint density at radius 1 is 1.25 bits per heavy atom. The topological polar surface area (TPSA) is 49.4 Å². The molecule has 102 valence electrons. The van der Waals surface area contributed by atoms with E-state index in [4.69, 9.17) is 0 Å². The van der Waals surface area contributed by atoms with E-state index >= 15 is 0 Å².